The molecule has 0 fully saturated rings. The molecule has 2 unspecified atom stereocenters. The summed E-state index contributed by atoms with van der Waals surface area (Å²) in [6.07, 6.45) is 3.57. The monoisotopic (exact) mass is 479 g/mol. The van der Waals surface area contributed by atoms with E-state index in [1.165, 1.54) is 0 Å². The number of rotatable bonds is 4. The van der Waals surface area contributed by atoms with Gasteiger partial charge in [0.05, 0.1) is 16.8 Å². The Morgan fingerprint density at radius 2 is 2.03 bits per heavy atom. The van der Waals surface area contributed by atoms with Gasteiger partial charge in [-0.3, -0.25) is 10.1 Å². The number of urea groups is 1. The van der Waals surface area contributed by atoms with Gasteiger partial charge in [0, 0.05) is 29.9 Å². The fourth-order valence-electron chi connectivity index (χ4n) is 4.52. The molecule has 0 aliphatic carbocycles. The summed E-state index contributed by atoms with van der Waals surface area (Å²) in [5.74, 6) is 0.341. The molecule has 11 heteroatoms. The number of halogens is 1. The largest absolute Gasteiger partial charge is 0.323 e. The molecule has 2 N–H and O–H groups in total. The highest BCUT2D eigenvalue weighted by Crippen LogP contribution is 2.35. The number of benzene rings is 1. The normalized spacial score (nSPS) is 17.6. The summed E-state index contributed by atoms with van der Waals surface area (Å²) in [5.41, 5.74) is 4.14. The third kappa shape index (κ3) is 3.90. The van der Waals surface area contributed by atoms with Crippen molar-refractivity contribution in [3.8, 4) is 11.1 Å². The molecule has 1 aliphatic rings. The molecule has 3 aromatic heterocycles. The van der Waals surface area contributed by atoms with E-state index in [4.69, 9.17) is 16.2 Å². The van der Waals surface area contributed by atoms with Gasteiger partial charge in [0.2, 0.25) is 0 Å². The highest BCUT2D eigenvalue weighted by Gasteiger charge is 2.37. The predicted molar refractivity (Wildman–Crippen MR) is 127 cm³/mol. The Bertz CT molecular complexity index is 1430. The van der Waals surface area contributed by atoms with Gasteiger partial charge in [-0.25, -0.2) is 19.5 Å². The molecular weight excluding hydrogens is 458 g/mol. The summed E-state index contributed by atoms with van der Waals surface area (Å²) in [6, 6.07) is 8.04. The van der Waals surface area contributed by atoms with Gasteiger partial charge in [-0.15, -0.1) is 0 Å². The van der Waals surface area contributed by atoms with Crippen molar-refractivity contribution in [3.05, 3.63) is 63.2 Å². The van der Waals surface area contributed by atoms with E-state index in [1.807, 2.05) is 26.0 Å². The summed E-state index contributed by atoms with van der Waals surface area (Å²) in [7, 11) is 0. The predicted octanol–water partition coefficient (Wildman–Crippen LogP) is 4.34. The van der Waals surface area contributed by atoms with Crippen molar-refractivity contribution in [1.82, 2.24) is 30.4 Å². The SMILES string of the molecule is CCC1Cc2cc(=O)[nH]nc2C(CC)N1C(=O)Nc1cc(Cl)c(-c2ccc3nonc3c2)cn1. The van der Waals surface area contributed by atoms with Crippen LogP contribution in [0.5, 0.6) is 0 Å². The standard InChI is InChI=1S/C23H22ClN7O3/c1-3-14-7-13-9-21(32)27-28-22(13)19(4-2)31(14)23(33)26-20-10-16(24)15(11-25-20)12-5-6-17-18(8-12)30-34-29-17/h5-6,8-11,14,19H,3-4,7H2,1-2H3,(H,27,32)(H,25,26,33). The lowest BCUT2D eigenvalue weighted by Gasteiger charge is -2.41. The maximum atomic E-state index is 13.4. The molecule has 0 spiro atoms. The van der Waals surface area contributed by atoms with E-state index in [0.717, 1.165) is 23.2 Å². The lowest BCUT2D eigenvalue weighted by Crippen LogP contribution is -2.49. The van der Waals surface area contributed by atoms with E-state index in [9.17, 15) is 9.59 Å². The molecule has 174 valence electrons. The molecule has 34 heavy (non-hydrogen) atoms. The average Bonchev–Trinajstić information content (AvgIpc) is 3.30. The first kappa shape index (κ1) is 22.0. The Morgan fingerprint density at radius 1 is 1.21 bits per heavy atom. The van der Waals surface area contributed by atoms with Gasteiger partial charge in [-0.1, -0.05) is 31.5 Å². The lowest BCUT2D eigenvalue weighted by atomic mass is 9.90. The van der Waals surface area contributed by atoms with Crippen LogP contribution in [0.2, 0.25) is 5.02 Å². The zero-order valence-corrected chi connectivity index (χ0v) is 19.3. The number of fused-ring (bicyclic) bond motifs is 2. The van der Waals surface area contributed by atoms with E-state index in [-0.39, 0.29) is 23.7 Å². The highest BCUT2D eigenvalue weighted by molar-refractivity contribution is 6.33. The van der Waals surface area contributed by atoms with Crippen LogP contribution >= 0.6 is 11.6 Å². The maximum absolute atomic E-state index is 13.4. The van der Waals surface area contributed by atoms with Crippen LogP contribution in [0.15, 0.2) is 46.0 Å². The number of nitrogens with zero attached hydrogens (tertiary/aromatic N) is 5. The minimum Gasteiger partial charge on any atom is -0.313 e. The Labute approximate surface area is 199 Å². The van der Waals surface area contributed by atoms with E-state index >= 15 is 0 Å². The third-order valence-electron chi connectivity index (χ3n) is 6.17. The molecule has 2 atom stereocenters. The van der Waals surface area contributed by atoms with E-state index in [0.29, 0.717) is 40.3 Å². The van der Waals surface area contributed by atoms with Crippen LogP contribution in [0.25, 0.3) is 22.2 Å². The number of anilines is 1. The lowest BCUT2D eigenvalue weighted by molar-refractivity contribution is 0.136. The van der Waals surface area contributed by atoms with Crippen LogP contribution < -0.4 is 10.9 Å². The summed E-state index contributed by atoms with van der Waals surface area (Å²) in [4.78, 5) is 31.3. The number of carbonyl (C=O) groups is 1. The fourth-order valence-corrected chi connectivity index (χ4v) is 4.78. The number of hydrogen-bond acceptors (Lipinski definition) is 7. The number of amides is 2. The number of aromatic nitrogens is 5. The smallest absolute Gasteiger partial charge is 0.313 e. The first-order chi connectivity index (χ1) is 16.5. The second kappa shape index (κ2) is 8.86. The number of aromatic amines is 1. The van der Waals surface area contributed by atoms with Gasteiger partial charge in [-0.2, -0.15) is 5.10 Å². The van der Waals surface area contributed by atoms with Gasteiger partial charge in [-0.05, 0) is 52.8 Å². The van der Waals surface area contributed by atoms with Crippen molar-refractivity contribution in [2.24, 2.45) is 0 Å². The quantitative estimate of drug-likeness (QED) is 0.445. The molecule has 0 radical (unpaired) electrons. The van der Waals surface area contributed by atoms with E-state index < -0.39 is 0 Å². The van der Waals surface area contributed by atoms with Gasteiger partial charge in [0.1, 0.15) is 16.9 Å². The third-order valence-corrected chi connectivity index (χ3v) is 6.48. The van der Waals surface area contributed by atoms with Crippen LogP contribution in [0.3, 0.4) is 0 Å². The highest BCUT2D eigenvalue weighted by atomic mass is 35.5. The van der Waals surface area contributed by atoms with E-state index in [1.54, 1.807) is 29.3 Å². The molecule has 5 rings (SSSR count). The van der Waals surface area contributed by atoms with Gasteiger partial charge in [0.15, 0.2) is 0 Å². The minimum absolute atomic E-state index is 0.0707. The molecule has 4 heterocycles. The minimum atomic E-state index is -0.288. The maximum Gasteiger partial charge on any atom is 0.323 e. The second-order valence-electron chi connectivity index (χ2n) is 8.19. The summed E-state index contributed by atoms with van der Waals surface area (Å²) < 4.78 is 4.75. The molecule has 4 aromatic rings. The zero-order valence-electron chi connectivity index (χ0n) is 18.6. The van der Waals surface area contributed by atoms with Crippen LogP contribution in [0, 0.1) is 0 Å². The molecule has 2 amide bonds. The van der Waals surface area contributed by atoms with Crippen molar-refractivity contribution in [2.75, 3.05) is 5.32 Å². The van der Waals surface area contributed by atoms with Crippen molar-refractivity contribution in [3.63, 3.8) is 0 Å². The van der Waals surface area contributed by atoms with Crippen LogP contribution in [0.4, 0.5) is 10.6 Å². The van der Waals surface area contributed by atoms with Crippen molar-refractivity contribution in [1.29, 1.82) is 0 Å². The van der Waals surface area contributed by atoms with Gasteiger partial charge in [0.25, 0.3) is 5.56 Å². The van der Waals surface area contributed by atoms with Crippen molar-refractivity contribution >= 4 is 34.5 Å². The molecule has 10 nitrogen and oxygen atoms in total. The second-order valence-corrected chi connectivity index (χ2v) is 8.59. The van der Waals surface area contributed by atoms with Crippen molar-refractivity contribution < 1.29 is 9.42 Å². The van der Waals surface area contributed by atoms with Gasteiger partial charge >= 0.3 is 6.03 Å². The molecule has 1 aliphatic heterocycles. The molecule has 0 bridgehead atoms. The number of pyridine rings is 1. The molecule has 1 aromatic carbocycles. The first-order valence-electron chi connectivity index (χ1n) is 11.0. The summed E-state index contributed by atoms with van der Waals surface area (Å²) in [5, 5.41) is 17.7. The average molecular weight is 480 g/mol. The van der Waals surface area contributed by atoms with Crippen LogP contribution in [-0.2, 0) is 6.42 Å². The summed E-state index contributed by atoms with van der Waals surface area (Å²) >= 11 is 6.54. The number of carbonyl (C=O) groups excluding carboxylic acids is 1. The zero-order chi connectivity index (χ0) is 23.8. The number of hydrogen-bond donors (Lipinski definition) is 2. The molecule has 0 saturated heterocycles. The van der Waals surface area contributed by atoms with E-state index in [2.05, 4.69) is 30.8 Å². The fraction of sp³-hybridized carbons (Fsp3) is 0.304. The Kier molecular flexibility index (Phi) is 5.74. The van der Waals surface area contributed by atoms with Crippen LogP contribution in [-0.4, -0.2) is 42.5 Å². The molecular formula is C23H22ClN7O3. The first-order valence-corrected chi connectivity index (χ1v) is 11.4. The Morgan fingerprint density at radius 3 is 2.79 bits per heavy atom. The van der Waals surface area contributed by atoms with Crippen molar-refractivity contribution in [2.45, 2.75) is 45.2 Å². The summed E-state index contributed by atoms with van der Waals surface area (Å²) in [6.45, 7) is 4.01. The topological polar surface area (TPSA) is 130 Å². The number of H-pyrrole nitrogens is 1. The number of nitrogens with one attached hydrogen (secondary N) is 2. The van der Waals surface area contributed by atoms with Gasteiger partial charge < -0.3 is 4.90 Å². The Balaban J connectivity index is 1.41. The molecule has 0 saturated carbocycles. The Hall–Kier alpha value is -3.79. The van der Waals surface area contributed by atoms with Crippen LogP contribution in [0.1, 0.15) is 44.0 Å².